The van der Waals surface area contributed by atoms with E-state index in [4.69, 9.17) is 5.11 Å². The zero-order chi connectivity index (χ0) is 16.7. The minimum atomic E-state index is -1.28. The number of rotatable bonds is 3. The molecule has 0 fully saturated rings. The van der Waals surface area contributed by atoms with Gasteiger partial charge in [-0.25, -0.2) is 14.6 Å². The van der Waals surface area contributed by atoms with Crippen molar-refractivity contribution in [3.05, 3.63) is 48.1 Å². The third-order valence-electron chi connectivity index (χ3n) is 3.32. The van der Waals surface area contributed by atoms with Gasteiger partial charge >= 0.3 is 5.97 Å². The molecule has 0 unspecified atom stereocenters. The predicted octanol–water partition coefficient (Wildman–Crippen LogP) is 0.244. The Kier molecular flexibility index (Phi) is 3.14. The quantitative estimate of drug-likeness (QED) is 0.800. The summed E-state index contributed by atoms with van der Waals surface area (Å²) in [6.07, 6.45) is 4.13. The van der Waals surface area contributed by atoms with Gasteiger partial charge in [-0.3, -0.25) is 19.2 Å². The number of anilines is 2. The summed E-state index contributed by atoms with van der Waals surface area (Å²) in [6.45, 7) is 0. The van der Waals surface area contributed by atoms with Crippen molar-refractivity contribution in [2.45, 2.75) is 0 Å². The van der Waals surface area contributed by atoms with Crippen molar-refractivity contribution in [1.82, 2.24) is 0 Å². The second kappa shape index (κ2) is 5.02. The van der Waals surface area contributed by atoms with E-state index in [1.54, 1.807) is 0 Å². The number of aromatic carboxylic acids is 1. The molecule has 0 aliphatic carbocycles. The number of hydrogen-bond donors (Lipinski definition) is 1. The molecule has 1 N–H and O–H groups in total. The highest BCUT2D eigenvalue weighted by atomic mass is 16.4. The van der Waals surface area contributed by atoms with Crippen LogP contribution >= 0.6 is 0 Å². The highest BCUT2D eigenvalue weighted by Gasteiger charge is 2.34. The number of benzene rings is 1. The molecule has 0 aromatic heterocycles. The molecule has 0 bridgehead atoms. The molecule has 0 radical (unpaired) electrons. The lowest BCUT2D eigenvalue weighted by Crippen LogP contribution is -2.35. The fourth-order valence-electron chi connectivity index (χ4n) is 2.30. The smallest absolute Gasteiger partial charge is 0.335 e. The molecule has 0 atom stereocenters. The van der Waals surface area contributed by atoms with E-state index in [1.165, 1.54) is 12.1 Å². The lowest BCUT2D eigenvalue weighted by molar-refractivity contribution is -0.122. The second-order valence-electron chi connectivity index (χ2n) is 4.70. The molecular weight excluding hydrogens is 304 g/mol. The first-order valence-corrected chi connectivity index (χ1v) is 6.40. The molecule has 4 amide bonds. The van der Waals surface area contributed by atoms with Crippen LogP contribution in [0.1, 0.15) is 10.4 Å². The first-order valence-electron chi connectivity index (χ1n) is 6.40. The molecule has 114 valence electrons. The highest BCUT2D eigenvalue weighted by molar-refractivity contribution is 6.33. The average Bonchev–Trinajstić information content (AvgIpc) is 3.01. The van der Waals surface area contributed by atoms with Crippen LogP contribution in [0.3, 0.4) is 0 Å². The largest absolute Gasteiger partial charge is 0.478 e. The monoisotopic (exact) mass is 312 g/mol. The summed E-state index contributed by atoms with van der Waals surface area (Å²) in [4.78, 5) is 60.0. The zero-order valence-electron chi connectivity index (χ0n) is 11.4. The number of nitrogens with zero attached hydrogens (tertiary/aromatic N) is 2. The molecule has 0 spiro atoms. The van der Waals surface area contributed by atoms with Gasteiger partial charge in [-0.1, -0.05) is 0 Å². The van der Waals surface area contributed by atoms with Crippen LogP contribution in [0.4, 0.5) is 11.4 Å². The molecule has 8 heteroatoms. The molecule has 0 saturated carbocycles. The van der Waals surface area contributed by atoms with E-state index in [2.05, 4.69) is 0 Å². The Bertz CT molecular complexity index is 816. The Morgan fingerprint density at radius 1 is 0.739 bits per heavy atom. The lowest BCUT2D eigenvalue weighted by Gasteiger charge is -2.23. The van der Waals surface area contributed by atoms with Crippen LogP contribution in [-0.2, 0) is 19.2 Å². The summed E-state index contributed by atoms with van der Waals surface area (Å²) < 4.78 is 0. The third-order valence-corrected chi connectivity index (χ3v) is 3.32. The number of carbonyl (C=O) groups excluding carboxylic acids is 4. The normalized spacial score (nSPS) is 16.9. The third kappa shape index (κ3) is 2.22. The van der Waals surface area contributed by atoms with Crippen LogP contribution in [0.15, 0.2) is 42.5 Å². The fraction of sp³-hybridized carbons (Fsp3) is 0. The van der Waals surface area contributed by atoms with Crippen molar-refractivity contribution in [3.8, 4) is 0 Å². The number of carboxylic acids is 1. The maximum absolute atomic E-state index is 11.9. The predicted molar refractivity (Wildman–Crippen MR) is 76.7 cm³/mol. The summed E-state index contributed by atoms with van der Waals surface area (Å²) in [6, 6.07) is 3.46. The van der Waals surface area contributed by atoms with Gasteiger partial charge in [0.2, 0.25) is 0 Å². The summed E-state index contributed by atoms with van der Waals surface area (Å²) in [7, 11) is 0. The topological polar surface area (TPSA) is 112 Å². The van der Waals surface area contributed by atoms with Gasteiger partial charge < -0.3 is 5.11 Å². The number of carbonyl (C=O) groups is 5. The summed E-state index contributed by atoms with van der Waals surface area (Å²) in [5, 5.41) is 9.08. The Labute approximate surface area is 128 Å². The van der Waals surface area contributed by atoms with Gasteiger partial charge in [-0.05, 0) is 18.2 Å². The molecular formula is C15H8N2O6. The molecule has 1 aromatic carbocycles. The van der Waals surface area contributed by atoms with Crippen molar-refractivity contribution in [2.75, 3.05) is 9.80 Å². The summed E-state index contributed by atoms with van der Waals surface area (Å²) >= 11 is 0. The van der Waals surface area contributed by atoms with Gasteiger partial charge in [0.05, 0.1) is 16.9 Å². The van der Waals surface area contributed by atoms with Gasteiger partial charge in [0.25, 0.3) is 23.6 Å². The Hall–Kier alpha value is -3.55. The van der Waals surface area contributed by atoms with Gasteiger partial charge in [-0.15, -0.1) is 0 Å². The van der Waals surface area contributed by atoms with Crippen molar-refractivity contribution in [2.24, 2.45) is 0 Å². The standard InChI is InChI=1S/C15H8N2O6/c18-11-3-4-12(19)16(11)9-2-1-8(15(22)23)7-10(9)17-13(20)5-6-14(17)21/h1-7H,(H,22,23). The molecule has 23 heavy (non-hydrogen) atoms. The van der Waals surface area contributed by atoms with Crippen LogP contribution in [-0.4, -0.2) is 34.7 Å². The lowest BCUT2D eigenvalue weighted by atomic mass is 10.1. The van der Waals surface area contributed by atoms with Crippen LogP contribution in [0.5, 0.6) is 0 Å². The molecule has 8 nitrogen and oxygen atoms in total. The number of imide groups is 2. The number of amides is 4. The van der Waals surface area contributed by atoms with E-state index in [9.17, 15) is 24.0 Å². The van der Waals surface area contributed by atoms with E-state index in [1.807, 2.05) is 0 Å². The van der Waals surface area contributed by atoms with Gasteiger partial charge in [0.1, 0.15) is 0 Å². The van der Waals surface area contributed by atoms with E-state index in [-0.39, 0.29) is 16.9 Å². The Morgan fingerprint density at radius 2 is 1.17 bits per heavy atom. The summed E-state index contributed by atoms with van der Waals surface area (Å²) in [5.74, 6) is -3.95. The summed E-state index contributed by atoms with van der Waals surface area (Å²) in [5.41, 5.74) is -0.376. The van der Waals surface area contributed by atoms with Gasteiger partial charge in [0.15, 0.2) is 0 Å². The highest BCUT2D eigenvalue weighted by Crippen LogP contribution is 2.34. The molecule has 2 aliphatic heterocycles. The van der Waals surface area contributed by atoms with Crippen LogP contribution in [0.25, 0.3) is 0 Å². The molecule has 2 aliphatic rings. The Balaban J connectivity index is 2.18. The van der Waals surface area contributed by atoms with Crippen molar-refractivity contribution in [3.63, 3.8) is 0 Å². The average molecular weight is 312 g/mol. The molecule has 2 heterocycles. The second-order valence-corrected chi connectivity index (χ2v) is 4.70. The van der Waals surface area contributed by atoms with E-state index < -0.39 is 29.6 Å². The van der Waals surface area contributed by atoms with Crippen molar-refractivity contribution >= 4 is 41.0 Å². The molecule has 1 aromatic rings. The maximum atomic E-state index is 11.9. The minimum absolute atomic E-state index is 0.0413. The zero-order valence-corrected chi connectivity index (χ0v) is 11.4. The fourth-order valence-corrected chi connectivity index (χ4v) is 2.30. The number of carboxylic acid groups (broad SMARTS) is 1. The Morgan fingerprint density at radius 3 is 1.61 bits per heavy atom. The van der Waals surface area contributed by atoms with E-state index in [0.717, 1.165) is 35.3 Å². The van der Waals surface area contributed by atoms with E-state index in [0.29, 0.717) is 4.90 Å². The molecule has 0 saturated heterocycles. The van der Waals surface area contributed by atoms with Gasteiger partial charge in [0, 0.05) is 24.3 Å². The van der Waals surface area contributed by atoms with Crippen LogP contribution < -0.4 is 9.80 Å². The van der Waals surface area contributed by atoms with Crippen LogP contribution in [0, 0.1) is 0 Å². The van der Waals surface area contributed by atoms with Crippen LogP contribution in [0.2, 0.25) is 0 Å². The number of hydrogen-bond acceptors (Lipinski definition) is 5. The van der Waals surface area contributed by atoms with Gasteiger partial charge in [-0.2, -0.15) is 0 Å². The van der Waals surface area contributed by atoms with Crippen molar-refractivity contribution in [1.29, 1.82) is 0 Å². The minimum Gasteiger partial charge on any atom is -0.478 e. The molecule has 3 rings (SSSR count). The van der Waals surface area contributed by atoms with E-state index >= 15 is 0 Å². The maximum Gasteiger partial charge on any atom is 0.335 e. The SMILES string of the molecule is O=C(O)c1ccc(N2C(=O)C=CC2=O)c(N2C(=O)C=CC2=O)c1. The van der Waals surface area contributed by atoms with Crippen molar-refractivity contribution < 1.29 is 29.1 Å². The first kappa shape index (κ1) is 14.4. The first-order chi connectivity index (χ1) is 10.9.